The van der Waals surface area contributed by atoms with Crippen LogP contribution in [0, 0.1) is 0 Å². The van der Waals surface area contributed by atoms with E-state index < -0.39 is 0 Å². The fourth-order valence-electron chi connectivity index (χ4n) is 2.61. The molecule has 0 amide bonds. The molecule has 0 saturated heterocycles. The van der Waals surface area contributed by atoms with Gasteiger partial charge in [-0.25, -0.2) is 0 Å². The van der Waals surface area contributed by atoms with Crippen molar-refractivity contribution in [1.29, 1.82) is 0 Å². The number of hydrogen-bond acceptors (Lipinski definition) is 2. The number of rotatable bonds is 1. The summed E-state index contributed by atoms with van der Waals surface area (Å²) in [7, 11) is 0. The van der Waals surface area contributed by atoms with Crippen LogP contribution in [-0.4, -0.2) is 0 Å². The molecule has 0 radical (unpaired) electrons. The molecule has 4 rings (SSSR count). The molecule has 3 aromatic rings. The fourth-order valence-corrected chi connectivity index (χ4v) is 2.61. The summed E-state index contributed by atoms with van der Waals surface area (Å²) >= 11 is 0. The van der Waals surface area contributed by atoms with E-state index in [1.54, 1.807) is 6.26 Å². The van der Waals surface area contributed by atoms with Crippen LogP contribution in [0.1, 0.15) is 17.4 Å². The molecule has 1 aromatic heterocycles. The first-order chi connectivity index (χ1) is 9.43. The Morgan fingerprint density at radius 3 is 2.37 bits per heavy atom. The van der Waals surface area contributed by atoms with Crippen molar-refractivity contribution < 1.29 is 9.15 Å². The van der Waals surface area contributed by atoms with Gasteiger partial charge in [-0.15, -0.1) is 0 Å². The molecule has 0 N–H and O–H groups in total. The lowest BCUT2D eigenvalue weighted by atomic mass is 9.92. The number of fused-ring (bicyclic) bond motifs is 3. The summed E-state index contributed by atoms with van der Waals surface area (Å²) in [6.07, 6.45) is 1.52. The van der Waals surface area contributed by atoms with Crippen LogP contribution in [0.25, 0.3) is 11.1 Å². The summed E-state index contributed by atoms with van der Waals surface area (Å²) in [4.78, 5) is 0. The molecule has 2 aromatic carbocycles. The van der Waals surface area contributed by atoms with Crippen molar-refractivity contribution in [3.63, 3.8) is 0 Å². The van der Waals surface area contributed by atoms with Gasteiger partial charge in [-0.1, -0.05) is 42.5 Å². The Bertz CT molecular complexity index is 714. The lowest BCUT2D eigenvalue weighted by Crippen LogP contribution is -2.14. The molecule has 1 atom stereocenters. The monoisotopic (exact) mass is 248 g/mol. The van der Waals surface area contributed by atoms with Crippen LogP contribution < -0.4 is 4.74 Å². The molecule has 92 valence electrons. The Morgan fingerprint density at radius 2 is 1.53 bits per heavy atom. The van der Waals surface area contributed by atoms with Crippen molar-refractivity contribution in [2.24, 2.45) is 0 Å². The zero-order valence-electron chi connectivity index (χ0n) is 10.2. The van der Waals surface area contributed by atoms with Gasteiger partial charge in [0.1, 0.15) is 11.5 Å². The minimum Gasteiger partial charge on any atom is -0.477 e. The van der Waals surface area contributed by atoms with Gasteiger partial charge in [0.05, 0.1) is 6.26 Å². The van der Waals surface area contributed by atoms with Crippen LogP contribution >= 0.6 is 0 Å². The van der Waals surface area contributed by atoms with Crippen molar-refractivity contribution in [2.75, 3.05) is 0 Å². The standard InChI is InChI=1S/C17H12O2/c1-2-8-14-12(6-1)13-7-3-4-9-15(13)19-17(14)16-10-5-11-18-16/h1-11,17H. The maximum atomic E-state index is 6.11. The van der Waals surface area contributed by atoms with Crippen LogP contribution in [0.5, 0.6) is 5.75 Å². The van der Waals surface area contributed by atoms with E-state index in [0.29, 0.717) is 0 Å². The minimum atomic E-state index is -0.166. The van der Waals surface area contributed by atoms with Gasteiger partial charge in [0.15, 0.2) is 6.10 Å². The van der Waals surface area contributed by atoms with E-state index in [0.717, 1.165) is 22.6 Å². The van der Waals surface area contributed by atoms with Crippen LogP contribution in [0.3, 0.4) is 0 Å². The summed E-state index contributed by atoms with van der Waals surface area (Å²) in [6.45, 7) is 0. The van der Waals surface area contributed by atoms with Gasteiger partial charge in [0.25, 0.3) is 0 Å². The van der Waals surface area contributed by atoms with Gasteiger partial charge in [-0.3, -0.25) is 0 Å². The Morgan fingerprint density at radius 1 is 0.737 bits per heavy atom. The SMILES string of the molecule is c1coc(C2Oc3ccccc3-c3ccccc32)c1. The number of hydrogen-bond donors (Lipinski definition) is 0. The molecule has 0 fully saturated rings. The highest BCUT2D eigenvalue weighted by Gasteiger charge is 2.28. The van der Waals surface area contributed by atoms with Gasteiger partial charge < -0.3 is 9.15 Å². The largest absolute Gasteiger partial charge is 0.477 e. The number of ether oxygens (including phenoxy) is 1. The third kappa shape index (κ3) is 1.57. The third-order valence-electron chi connectivity index (χ3n) is 3.47. The predicted octanol–water partition coefficient (Wildman–Crippen LogP) is 4.43. The lowest BCUT2D eigenvalue weighted by Gasteiger charge is -2.27. The molecule has 2 heterocycles. The van der Waals surface area contributed by atoms with Crippen molar-refractivity contribution in [2.45, 2.75) is 6.10 Å². The topological polar surface area (TPSA) is 22.4 Å². The molecular weight excluding hydrogens is 236 g/mol. The van der Waals surface area contributed by atoms with Crippen LogP contribution in [0.2, 0.25) is 0 Å². The fraction of sp³-hybridized carbons (Fsp3) is 0.0588. The summed E-state index contributed by atoms with van der Waals surface area (Å²) in [6, 6.07) is 20.3. The Kier molecular flexibility index (Phi) is 2.21. The Hall–Kier alpha value is -2.48. The first-order valence-electron chi connectivity index (χ1n) is 6.32. The average molecular weight is 248 g/mol. The van der Waals surface area contributed by atoms with Gasteiger partial charge in [0, 0.05) is 11.1 Å². The summed E-state index contributed by atoms with van der Waals surface area (Å²) < 4.78 is 11.6. The van der Waals surface area contributed by atoms with E-state index >= 15 is 0 Å². The highest BCUT2D eigenvalue weighted by Crippen LogP contribution is 2.44. The van der Waals surface area contributed by atoms with E-state index in [-0.39, 0.29) is 6.10 Å². The van der Waals surface area contributed by atoms with Crippen molar-refractivity contribution in [1.82, 2.24) is 0 Å². The molecule has 19 heavy (non-hydrogen) atoms. The highest BCUT2D eigenvalue weighted by atomic mass is 16.5. The van der Waals surface area contributed by atoms with E-state index in [1.807, 2.05) is 36.4 Å². The summed E-state index contributed by atoms with van der Waals surface area (Å²) in [5.41, 5.74) is 3.50. The van der Waals surface area contributed by atoms with Crippen molar-refractivity contribution >= 4 is 0 Å². The number of furan rings is 1. The minimum absolute atomic E-state index is 0.166. The zero-order chi connectivity index (χ0) is 12.7. The molecule has 1 aliphatic heterocycles. The molecule has 1 aliphatic rings. The van der Waals surface area contributed by atoms with Crippen LogP contribution in [0.4, 0.5) is 0 Å². The third-order valence-corrected chi connectivity index (χ3v) is 3.47. The second-order valence-corrected chi connectivity index (χ2v) is 4.60. The second kappa shape index (κ2) is 4.02. The molecule has 0 aliphatic carbocycles. The maximum absolute atomic E-state index is 6.11. The lowest BCUT2D eigenvalue weighted by molar-refractivity contribution is 0.211. The molecule has 2 heteroatoms. The summed E-state index contributed by atoms with van der Waals surface area (Å²) in [5, 5.41) is 0. The second-order valence-electron chi connectivity index (χ2n) is 4.60. The molecular formula is C17H12O2. The number of para-hydroxylation sites is 1. The Balaban J connectivity index is 1.95. The van der Waals surface area contributed by atoms with E-state index in [4.69, 9.17) is 9.15 Å². The number of benzene rings is 2. The molecule has 0 spiro atoms. The summed E-state index contributed by atoms with van der Waals surface area (Å²) in [5.74, 6) is 1.74. The predicted molar refractivity (Wildman–Crippen MR) is 73.1 cm³/mol. The molecule has 0 bridgehead atoms. The van der Waals surface area contributed by atoms with Gasteiger partial charge >= 0.3 is 0 Å². The maximum Gasteiger partial charge on any atom is 0.182 e. The first-order valence-corrected chi connectivity index (χ1v) is 6.32. The normalized spacial score (nSPS) is 16.3. The van der Waals surface area contributed by atoms with Crippen LogP contribution in [-0.2, 0) is 0 Å². The zero-order valence-corrected chi connectivity index (χ0v) is 10.2. The average Bonchev–Trinajstić information content (AvgIpc) is 3.00. The van der Waals surface area contributed by atoms with Crippen molar-refractivity contribution in [3.8, 4) is 16.9 Å². The van der Waals surface area contributed by atoms with E-state index in [2.05, 4.69) is 24.3 Å². The molecule has 2 nitrogen and oxygen atoms in total. The van der Waals surface area contributed by atoms with E-state index in [9.17, 15) is 0 Å². The first kappa shape index (κ1) is 10.4. The van der Waals surface area contributed by atoms with Crippen molar-refractivity contribution in [3.05, 3.63) is 78.3 Å². The molecule has 1 unspecified atom stereocenters. The quantitative estimate of drug-likeness (QED) is 0.635. The highest BCUT2D eigenvalue weighted by molar-refractivity contribution is 5.76. The van der Waals surface area contributed by atoms with E-state index in [1.165, 1.54) is 5.56 Å². The Labute approximate surface area is 111 Å². The van der Waals surface area contributed by atoms with Gasteiger partial charge in [-0.2, -0.15) is 0 Å². The smallest absolute Gasteiger partial charge is 0.182 e. The van der Waals surface area contributed by atoms with Gasteiger partial charge in [-0.05, 0) is 23.8 Å². The van der Waals surface area contributed by atoms with Gasteiger partial charge in [0.2, 0.25) is 0 Å². The molecule has 0 saturated carbocycles. The van der Waals surface area contributed by atoms with Crippen LogP contribution in [0.15, 0.2) is 71.3 Å².